The van der Waals surface area contributed by atoms with Crippen LogP contribution in [0.5, 0.6) is 0 Å². The van der Waals surface area contributed by atoms with Crippen LogP contribution in [0, 0.1) is 0 Å². The topological polar surface area (TPSA) is 24.4 Å². The Morgan fingerprint density at radius 3 is 2.67 bits per heavy atom. The van der Waals surface area contributed by atoms with E-state index >= 15 is 0 Å². The van der Waals surface area contributed by atoms with Crippen molar-refractivity contribution >= 4 is 11.9 Å². The second-order valence-electron chi connectivity index (χ2n) is 4.60. The number of hydrogen-bond acceptors (Lipinski definition) is 2. The van der Waals surface area contributed by atoms with Crippen LogP contribution < -0.4 is 5.43 Å². The maximum absolute atomic E-state index is 4.35. The minimum Gasteiger partial charge on any atom is -0.279 e. The standard InChI is InChI=1S/C16H16N2/c1-2-7-15(8-3-1)18-17-12-14-11-10-13-6-4-5-9-16(13)14/h1-9,12,14,18H,10-11H2/b17-12+. The number of hydrogen-bond donors (Lipinski definition) is 1. The van der Waals surface area contributed by atoms with E-state index in [4.69, 9.17) is 0 Å². The minimum atomic E-state index is 0.456. The van der Waals surface area contributed by atoms with Crippen molar-refractivity contribution in [2.24, 2.45) is 5.10 Å². The van der Waals surface area contributed by atoms with Gasteiger partial charge in [-0.25, -0.2) is 0 Å². The Morgan fingerprint density at radius 1 is 1.00 bits per heavy atom. The molecule has 0 spiro atoms. The van der Waals surface area contributed by atoms with Crippen LogP contribution >= 0.6 is 0 Å². The summed E-state index contributed by atoms with van der Waals surface area (Å²) in [5, 5.41) is 4.35. The van der Waals surface area contributed by atoms with Gasteiger partial charge in [0, 0.05) is 12.1 Å². The van der Waals surface area contributed by atoms with E-state index in [1.165, 1.54) is 17.5 Å². The van der Waals surface area contributed by atoms with Gasteiger partial charge in [0.25, 0.3) is 0 Å². The minimum absolute atomic E-state index is 0.456. The van der Waals surface area contributed by atoms with Gasteiger partial charge in [0.2, 0.25) is 0 Å². The van der Waals surface area contributed by atoms with E-state index in [0.717, 1.165) is 12.1 Å². The van der Waals surface area contributed by atoms with Crippen molar-refractivity contribution < 1.29 is 0 Å². The summed E-state index contributed by atoms with van der Waals surface area (Å²) in [6.07, 6.45) is 4.36. The van der Waals surface area contributed by atoms with Gasteiger partial charge >= 0.3 is 0 Å². The van der Waals surface area contributed by atoms with Gasteiger partial charge in [-0.1, -0.05) is 42.5 Å². The van der Waals surface area contributed by atoms with Crippen LogP contribution in [-0.4, -0.2) is 6.21 Å². The van der Waals surface area contributed by atoms with E-state index < -0.39 is 0 Å². The molecule has 2 aromatic rings. The van der Waals surface area contributed by atoms with Gasteiger partial charge in [0.05, 0.1) is 5.69 Å². The molecule has 0 heterocycles. The Labute approximate surface area is 107 Å². The zero-order valence-corrected chi connectivity index (χ0v) is 10.2. The van der Waals surface area contributed by atoms with E-state index in [1.54, 1.807) is 0 Å². The second kappa shape index (κ2) is 5.05. The predicted molar refractivity (Wildman–Crippen MR) is 76.1 cm³/mol. The molecule has 1 atom stereocenters. The number of anilines is 1. The molecule has 0 saturated carbocycles. The third-order valence-electron chi connectivity index (χ3n) is 3.40. The maximum atomic E-state index is 4.35. The second-order valence-corrected chi connectivity index (χ2v) is 4.60. The lowest BCUT2D eigenvalue weighted by Crippen LogP contribution is -1.97. The van der Waals surface area contributed by atoms with Gasteiger partial charge in [0.15, 0.2) is 0 Å². The average Bonchev–Trinajstić information content (AvgIpc) is 2.84. The smallest absolute Gasteiger partial charge is 0.0561 e. The highest BCUT2D eigenvalue weighted by molar-refractivity contribution is 5.71. The Morgan fingerprint density at radius 2 is 1.78 bits per heavy atom. The maximum Gasteiger partial charge on any atom is 0.0561 e. The van der Waals surface area contributed by atoms with Gasteiger partial charge in [-0.2, -0.15) is 5.10 Å². The molecule has 2 nitrogen and oxygen atoms in total. The number of hydrazone groups is 1. The first-order valence-electron chi connectivity index (χ1n) is 6.35. The van der Waals surface area contributed by atoms with Crippen molar-refractivity contribution in [3.8, 4) is 0 Å². The van der Waals surface area contributed by atoms with Crippen LogP contribution in [0.25, 0.3) is 0 Å². The summed E-state index contributed by atoms with van der Waals surface area (Å²) < 4.78 is 0. The largest absolute Gasteiger partial charge is 0.279 e. The fraction of sp³-hybridized carbons (Fsp3) is 0.188. The first-order valence-corrected chi connectivity index (χ1v) is 6.35. The molecule has 1 aliphatic carbocycles. The molecule has 1 aliphatic rings. The van der Waals surface area contributed by atoms with Gasteiger partial charge in [-0.3, -0.25) is 5.43 Å². The molecule has 2 aromatic carbocycles. The highest BCUT2D eigenvalue weighted by Gasteiger charge is 2.19. The quantitative estimate of drug-likeness (QED) is 0.636. The summed E-state index contributed by atoms with van der Waals surface area (Å²) in [4.78, 5) is 0. The van der Waals surface area contributed by atoms with Crippen molar-refractivity contribution in [3.05, 3.63) is 65.7 Å². The Hall–Kier alpha value is -2.09. The lowest BCUT2D eigenvalue weighted by molar-refractivity contribution is 0.859. The molecular formula is C16H16N2. The van der Waals surface area contributed by atoms with Gasteiger partial charge in [-0.15, -0.1) is 0 Å². The van der Waals surface area contributed by atoms with Gasteiger partial charge in [0.1, 0.15) is 0 Å². The number of benzene rings is 2. The van der Waals surface area contributed by atoms with Crippen LogP contribution in [0.1, 0.15) is 23.5 Å². The number of nitrogens with zero attached hydrogens (tertiary/aromatic N) is 1. The molecule has 0 aromatic heterocycles. The Bertz CT molecular complexity index is 546. The van der Waals surface area contributed by atoms with E-state index in [2.05, 4.69) is 34.8 Å². The van der Waals surface area contributed by atoms with E-state index in [0.29, 0.717) is 5.92 Å². The highest BCUT2D eigenvalue weighted by Crippen LogP contribution is 2.31. The predicted octanol–water partition coefficient (Wildman–Crippen LogP) is 3.81. The van der Waals surface area contributed by atoms with Crippen LogP contribution in [0.3, 0.4) is 0 Å². The molecule has 2 heteroatoms. The molecule has 0 amide bonds. The molecule has 0 fully saturated rings. The van der Waals surface area contributed by atoms with Crippen molar-refractivity contribution in [3.63, 3.8) is 0 Å². The van der Waals surface area contributed by atoms with Crippen molar-refractivity contribution in [1.82, 2.24) is 0 Å². The molecule has 18 heavy (non-hydrogen) atoms. The summed E-state index contributed by atoms with van der Waals surface area (Å²) in [7, 11) is 0. The monoisotopic (exact) mass is 236 g/mol. The Kier molecular flexibility index (Phi) is 3.09. The van der Waals surface area contributed by atoms with Crippen molar-refractivity contribution in [1.29, 1.82) is 0 Å². The lowest BCUT2D eigenvalue weighted by Gasteiger charge is -2.05. The zero-order chi connectivity index (χ0) is 12.2. The molecule has 1 unspecified atom stereocenters. The summed E-state index contributed by atoms with van der Waals surface area (Å²) in [6.45, 7) is 0. The molecular weight excluding hydrogens is 220 g/mol. The van der Waals surface area contributed by atoms with E-state index in [9.17, 15) is 0 Å². The third-order valence-corrected chi connectivity index (χ3v) is 3.40. The molecule has 0 saturated heterocycles. The van der Waals surface area contributed by atoms with Crippen LogP contribution in [0.2, 0.25) is 0 Å². The first-order chi connectivity index (χ1) is 8.93. The van der Waals surface area contributed by atoms with Crippen LogP contribution in [0.15, 0.2) is 59.7 Å². The number of fused-ring (bicyclic) bond motifs is 1. The number of nitrogens with one attached hydrogen (secondary N) is 1. The summed E-state index contributed by atoms with van der Waals surface area (Å²) >= 11 is 0. The third kappa shape index (κ3) is 2.28. The SMILES string of the molecule is C(=N\Nc1ccccc1)/C1CCc2ccccc21. The first kappa shape index (κ1) is 11.0. The molecule has 0 aliphatic heterocycles. The number of aryl methyl sites for hydroxylation is 1. The highest BCUT2D eigenvalue weighted by atomic mass is 15.3. The van der Waals surface area contributed by atoms with E-state index in [-0.39, 0.29) is 0 Å². The fourth-order valence-corrected chi connectivity index (χ4v) is 2.46. The van der Waals surface area contributed by atoms with Crippen LogP contribution in [-0.2, 0) is 6.42 Å². The summed E-state index contributed by atoms with van der Waals surface area (Å²) in [6, 6.07) is 18.7. The average molecular weight is 236 g/mol. The number of rotatable bonds is 3. The zero-order valence-electron chi connectivity index (χ0n) is 10.2. The van der Waals surface area contributed by atoms with Crippen molar-refractivity contribution in [2.75, 3.05) is 5.43 Å². The number of para-hydroxylation sites is 1. The molecule has 0 bridgehead atoms. The fourth-order valence-electron chi connectivity index (χ4n) is 2.46. The molecule has 1 N–H and O–H groups in total. The molecule has 0 radical (unpaired) electrons. The van der Waals surface area contributed by atoms with Crippen LogP contribution in [0.4, 0.5) is 5.69 Å². The summed E-state index contributed by atoms with van der Waals surface area (Å²) in [5.74, 6) is 0.456. The summed E-state index contributed by atoms with van der Waals surface area (Å²) in [5.41, 5.74) is 6.99. The van der Waals surface area contributed by atoms with E-state index in [1.807, 2.05) is 36.5 Å². The molecule has 90 valence electrons. The van der Waals surface area contributed by atoms with Gasteiger partial charge in [-0.05, 0) is 36.1 Å². The molecule has 3 rings (SSSR count). The lowest BCUT2D eigenvalue weighted by atomic mass is 10.0. The van der Waals surface area contributed by atoms with Gasteiger partial charge < -0.3 is 0 Å². The Balaban J connectivity index is 1.68. The normalized spacial score (nSPS) is 17.9. The van der Waals surface area contributed by atoms with Crippen molar-refractivity contribution in [2.45, 2.75) is 18.8 Å².